The number of esters is 1. The minimum absolute atomic E-state index is 0.100. The van der Waals surface area contributed by atoms with Crippen molar-refractivity contribution in [3.63, 3.8) is 0 Å². The van der Waals surface area contributed by atoms with Crippen LogP contribution in [0, 0.1) is 0 Å². The van der Waals surface area contributed by atoms with E-state index in [-0.39, 0.29) is 23.5 Å². The summed E-state index contributed by atoms with van der Waals surface area (Å²) >= 11 is 3.03. The predicted molar refractivity (Wildman–Crippen MR) is 103 cm³/mol. The standard InChI is InChI=1S/C19H17NO4S2/c1-11-18(22)20-15-9-13(5-8-17(15)26-11)19(23)24-10-16(21)12-3-6-14(25-2)7-4-12/h3-9,11H,10H2,1-2H3,(H,20,22). The number of benzene rings is 2. The lowest BCUT2D eigenvalue weighted by Gasteiger charge is -2.21. The fraction of sp³-hybridized carbons (Fsp3) is 0.211. The van der Waals surface area contributed by atoms with Crippen LogP contribution in [-0.4, -0.2) is 35.8 Å². The van der Waals surface area contributed by atoms with Crippen LogP contribution in [0.1, 0.15) is 27.6 Å². The Hall–Kier alpha value is -2.25. The molecule has 3 rings (SSSR count). The van der Waals surface area contributed by atoms with Crippen LogP contribution in [-0.2, 0) is 9.53 Å². The van der Waals surface area contributed by atoms with Gasteiger partial charge in [0.15, 0.2) is 12.4 Å². The molecular formula is C19H17NO4S2. The monoisotopic (exact) mass is 387 g/mol. The minimum Gasteiger partial charge on any atom is -0.454 e. The van der Waals surface area contributed by atoms with Gasteiger partial charge in [0.05, 0.1) is 16.5 Å². The minimum atomic E-state index is -0.597. The number of ether oxygens (including phenoxy) is 1. The van der Waals surface area contributed by atoms with Crippen molar-refractivity contribution in [2.45, 2.75) is 22.0 Å². The van der Waals surface area contributed by atoms with Gasteiger partial charge in [-0.25, -0.2) is 4.79 Å². The van der Waals surface area contributed by atoms with Crippen LogP contribution < -0.4 is 5.32 Å². The first-order valence-electron chi connectivity index (χ1n) is 7.94. The third-order valence-corrected chi connectivity index (χ3v) is 5.81. The molecule has 1 atom stereocenters. The number of fused-ring (bicyclic) bond motifs is 1. The number of rotatable bonds is 5. The Morgan fingerprint density at radius 1 is 1.15 bits per heavy atom. The normalized spacial score (nSPS) is 15.8. The van der Waals surface area contributed by atoms with E-state index >= 15 is 0 Å². The zero-order valence-corrected chi connectivity index (χ0v) is 15.9. The number of amides is 1. The van der Waals surface area contributed by atoms with Crippen molar-refractivity contribution in [2.24, 2.45) is 0 Å². The summed E-state index contributed by atoms with van der Waals surface area (Å²) in [4.78, 5) is 38.1. The molecule has 0 saturated heterocycles. The number of hydrogen-bond donors (Lipinski definition) is 1. The van der Waals surface area contributed by atoms with Crippen LogP contribution in [0.5, 0.6) is 0 Å². The van der Waals surface area contributed by atoms with Crippen LogP contribution in [0.25, 0.3) is 0 Å². The molecule has 1 heterocycles. The highest BCUT2D eigenvalue weighted by atomic mass is 32.2. The third kappa shape index (κ3) is 4.11. The van der Waals surface area contributed by atoms with Crippen LogP contribution >= 0.6 is 23.5 Å². The largest absolute Gasteiger partial charge is 0.454 e. The third-order valence-electron chi connectivity index (χ3n) is 3.89. The van der Waals surface area contributed by atoms with Crippen molar-refractivity contribution < 1.29 is 19.1 Å². The number of ketones is 1. The summed E-state index contributed by atoms with van der Waals surface area (Å²) in [7, 11) is 0. The van der Waals surface area contributed by atoms with Gasteiger partial charge in [-0.15, -0.1) is 23.5 Å². The first-order valence-corrected chi connectivity index (χ1v) is 10.0. The van der Waals surface area contributed by atoms with E-state index in [0.29, 0.717) is 16.8 Å². The zero-order chi connectivity index (χ0) is 18.7. The number of carbonyl (C=O) groups excluding carboxylic acids is 3. The van der Waals surface area contributed by atoms with Gasteiger partial charge >= 0.3 is 5.97 Å². The van der Waals surface area contributed by atoms with Gasteiger partial charge < -0.3 is 10.1 Å². The second-order valence-corrected chi connectivity index (χ2v) is 7.95. The number of Topliss-reactive ketones (excluding diaryl/α,β-unsaturated/α-hetero) is 1. The second-order valence-electron chi connectivity index (χ2n) is 5.69. The summed E-state index contributed by atoms with van der Waals surface area (Å²) in [5.74, 6) is -0.960. The smallest absolute Gasteiger partial charge is 0.338 e. The molecule has 0 bridgehead atoms. The van der Waals surface area contributed by atoms with Crippen molar-refractivity contribution in [1.29, 1.82) is 0 Å². The maximum Gasteiger partial charge on any atom is 0.338 e. The molecule has 0 fully saturated rings. The van der Waals surface area contributed by atoms with Gasteiger partial charge in [-0.2, -0.15) is 0 Å². The van der Waals surface area contributed by atoms with E-state index in [1.165, 1.54) is 11.8 Å². The molecule has 0 aliphatic carbocycles. The van der Waals surface area contributed by atoms with Crippen molar-refractivity contribution >= 4 is 46.9 Å². The lowest BCUT2D eigenvalue weighted by atomic mass is 10.1. The molecule has 1 unspecified atom stereocenters. The SMILES string of the molecule is CSc1ccc(C(=O)COC(=O)c2ccc3c(c2)NC(=O)C(C)S3)cc1. The molecule has 2 aromatic rings. The quantitative estimate of drug-likeness (QED) is 0.477. The molecule has 0 saturated carbocycles. The Labute approximate surface area is 159 Å². The number of hydrogen-bond acceptors (Lipinski definition) is 6. The highest BCUT2D eigenvalue weighted by Crippen LogP contribution is 2.36. The van der Waals surface area contributed by atoms with Crippen LogP contribution in [0.15, 0.2) is 52.3 Å². The molecule has 0 aromatic heterocycles. The molecule has 0 spiro atoms. The van der Waals surface area contributed by atoms with Gasteiger partial charge in [0, 0.05) is 15.4 Å². The van der Waals surface area contributed by atoms with Crippen LogP contribution in [0.3, 0.4) is 0 Å². The molecule has 5 nitrogen and oxygen atoms in total. The lowest BCUT2D eigenvalue weighted by molar-refractivity contribution is -0.115. The Bertz CT molecular complexity index is 864. The van der Waals surface area contributed by atoms with E-state index in [0.717, 1.165) is 9.79 Å². The Balaban J connectivity index is 1.64. The fourth-order valence-corrected chi connectivity index (χ4v) is 3.75. The van der Waals surface area contributed by atoms with Gasteiger partial charge in [-0.3, -0.25) is 9.59 Å². The Morgan fingerprint density at radius 3 is 2.54 bits per heavy atom. The van der Waals surface area contributed by atoms with Gasteiger partial charge in [-0.05, 0) is 43.5 Å². The summed E-state index contributed by atoms with van der Waals surface area (Å²) in [6.07, 6.45) is 1.96. The van der Waals surface area contributed by atoms with Gasteiger partial charge in [-0.1, -0.05) is 12.1 Å². The van der Waals surface area contributed by atoms with E-state index in [2.05, 4.69) is 5.32 Å². The number of thioether (sulfide) groups is 2. The van der Waals surface area contributed by atoms with Crippen LogP contribution in [0.2, 0.25) is 0 Å². The molecule has 1 aliphatic heterocycles. The maximum absolute atomic E-state index is 12.2. The summed E-state index contributed by atoms with van der Waals surface area (Å²) < 4.78 is 5.13. The van der Waals surface area contributed by atoms with Gasteiger partial charge in [0.2, 0.25) is 5.91 Å². The highest BCUT2D eigenvalue weighted by molar-refractivity contribution is 8.01. The molecular weight excluding hydrogens is 370 g/mol. The molecule has 134 valence electrons. The second kappa shape index (κ2) is 7.97. The van der Waals surface area contributed by atoms with Crippen molar-refractivity contribution in [3.8, 4) is 0 Å². The Kier molecular flexibility index (Phi) is 5.68. The van der Waals surface area contributed by atoms with Crippen LogP contribution in [0.4, 0.5) is 5.69 Å². The first kappa shape index (κ1) is 18.5. The summed E-state index contributed by atoms with van der Waals surface area (Å²) in [5.41, 5.74) is 1.38. The van der Waals surface area contributed by atoms with Gasteiger partial charge in [0.25, 0.3) is 0 Å². The number of nitrogens with one attached hydrogen (secondary N) is 1. The first-order chi connectivity index (χ1) is 12.5. The van der Waals surface area contributed by atoms with E-state index < -0.39 is 5.97 Å². The summed E-state index contributed by atoms with van der Waals surface area (Å²) in [6.45, 7) is 1.50. The van der Waals surface area contributed by atoms with Crippen molar-refractivity contribution in [3.05, 3.63) is 53.6 Å². The molecule has 7 heteroatoms. The molecule has 26 heavy (non-hydrogen) atoms. The fourth-order valence-electron chi connectivity index (χ4n) is 2.41. The van der Waals surface area contributed by atoms with E-state index in [1.54, 1.807) is 42.1 Å². The Morgan fingerprint density at radius 2 is 1.85 bits per heavy atom. The number of carbonyl (C=O) groups is 3. The summed E-state index contributed by atoms with van der Waals surface area (Å²) in [6, 6.07) is 12.1. The number of anilines is 1. The molecule has 0 radical (unpaired) electrons. The molecule has 1 amide bonds. The van der Waals surface area contributed by atoms with Gasteiger partial charge in [0.1, 0.15) is 0 Å². The highest BCUT2D eigenvalue weighted by Gasteiger charge is 2.24. The zero-order valence-electron chi connectivity index (χ0n) is 14.3. The van der Waals surface area contributed by atoms with Crippen molar-refractivity contribution in [1.82, 2.24) is 0 Å². The average molecular weight is 387 g/mol. The van der Waals surface area contributed by atoms with E-state index in [9.17, 15) is 14.4 Å². The van der Waals surface area contributed by atoms with E-state index in [1.807, 2.05) is 25.3 Å². The van der Waals surface area contributed by atoms with Crippen molar-refractivity contribution in [2.75, 3.05) is 18.2 Å². The maximum atomic E-state index is 12.2. The predicted octanol–water partition coefficient (Wildman–Crippen LogP) is 3.88. The topological polar surface area (TPSA) is 72.5 Å². The van der Waals surface area contributed by atoms with E-state index in [4.69, 9.17) is 4.74 Å². The molecule has 1 N–H and O–H groups in total. The molecule has 1 aliphatic rings. The molecule has 2 aromatic carbocycles. The lowest BCUT2D eigenvalue weighted by Crippen LogP contribution is -2.26. The average Bonchev–Trinajstić information content (AvgIpc) is 2.66. The summed E-state index contributed by atoms with van der Waals surface area (Å²) in [5, 5.41) is 2.60.